The van der Waals surface area contributed by atoms with Gasteiger partial charge in [0.1, 0.15) is 17.6 Å². The minimum atomic E-state index is -0.999. The van der Waals surface area contributed by atoms with Crippen molar-refractivity contribution in [2.75, 3.05) is 0 Å². The van der Waals surface area contributed by atoms with Crippen LogP contribution in [0.5, 0.6) is 5.75 Å². The Labute approximate surface area is 171 Å². The zero-order chi connectivity index (χ0) is 20.8. The van der Waals surface area contributed by atoms with E-state index in [2.05, 4.69) is 32.2 Å². The first kappa shape index (κ1) is 18.8. The molecule has 2 aromatic heterocycles. The first-order valence-electron chi connectivity index (χ1n) is 9.82. The van der Waals surface area contributed by atoms with Crippen molar-refractivity contribution < 1.29 is 13.9 Å². The van der Waals surface area contributed by atoms with Crippen LogP contribution < -0.4 is 5.32 Å². The number of hydrogen-bond donors (Lipinski definition) is 2. The van der Waals surface area contributed by atoms with E-state index in [0.717, 1.165) is 19.0 Å². The molecule has 2 aliphatic heterocycles. The maximum atomic E-state index is 14.8. The Bertz CT molecular complexity index is 1100. The summed E-state index contributed by atoms with van der Waals surface area (Å²) in [6.07, 6.45) is 5.32. The Morgan fingerprint density at radius 3 is 2.80 bits per heavy atom. The minimum absolute atomic E-state index is 0.0875. The molecular weight excluding hydrogens is 390 g/mol. The third-order valence-electron chi connectivity index (χ3n) is 5.96. The highest BCUT2D eigenvalue weighted by Gasteiger charge is 2.43. The average molecular weight is 410 g/mol. The molecule has 0 aliphatic carbocycles. The van der Waals surface area contributed by atoms with Crippen LogP contribution in [0.4, 0.5) is 8.78 Å². The molecule has 2 saturated heterocycles. The molecule has 154 valence electrons. The number of phenolic OH excluding ortho intramolecular Hbond substituents is 1. The van der Waals surface area contributed by atoms with Crippen molar-refractivity contribution >= 4 is 5.57 Å². The fourth-order valence-electron chi connectivity index (χ4n) is 4.37. The summed E-state index contributed by atoms with van der Waals surface area (Å²) < 4.78 is 29.3. The normalized spacial score (nSPS) is 25.4. The SMILES string of the molecule is C=C(c1cnc(-c2ccc(-n3cc(F)cn3)cc2O)nn1)C1CC2CCC(N2)[C@H]1F. The van der Waals surface area contributed by atoms with Gasteiger partial charge >= 0.3 is 0 Å². The predicted octanol–water partition coefficient (Wildman–Crippen LogP) is 3.06. The number of alkyl halides is 1. The van der Waals surface area contributed by atoms with Crippen molar-refractivity contribution in [2.24, 2.45) is 5.92 Å². The zero-order valence-corrected chi connectivity index (χ0v) is 16.0. The minimum Gasteiger partial charge on any atom is -0.507 e. The highest BCUT2D eigenvalue weighted by molar-refractivity contribution is 5.67. The van der Waals surface area contributed by atoms with E-state index in [1.165, 1.54) is 23.1 Å². The highest BCUT2D eigenvalue weighted by Crippen LogP contribution is 2.39. The molecule has 0 spiro atoms. The number of hydrogen-bond acceptors (Lipinski definition) is 6. The van der Waals surface area contributed by atoms with Gasteiger partial charge in [-0.2, -0.15) is 5.10 Å². The highest BCUT2D eigenvalue weighted by atomic mass is 19.1. The molecule has 4 atom stereocenters. The maximum absolute atomic E-state index is 14.8. The second kappa shape index (κ2) is 7.24. The number of allylic oxidation sites excluding steroid dienone is 1. The summed E-state index contributed by atoms with van der Waals surface area (Å²) in [7, 11) is 0. The Balaban J connectivity index is 1.36. The van der Waals surface area contributed by atoms with Gasteiger partial charge in [-0.3, -0.25) is 0 Å². The van der Waals surface area contributed by atoms with E-state index in [9.17, 15) is 13.9 Å². The van der Waals surface area contributed by atoms with Gasteiger partial charge in [-0.05, 0) is 37.0 Å². The Morgan fingerprint density at radius 1 is 1.23 bits per heavy atom. The molecule has 30 heavy (non-hydrogen) atoms. The van der Waals surface area contributed by atoms with Crippen LogP contribution >= 0.6 is 0 Å². The second-order valence-electron chi connectivity index (χ2n) is 7.83. The number of rotatable bonds is 4. The van der Waals surface area contributed by atoms with Crippen LogP contribution in [0.3, 0.4) is 0 Å². The lowest BCUT2D eigenvalue weighted by atomic mass is 9.84. The molecule has 2 N–H and O–H groups in total. The summed E-state index contributed by atoms with van der Waals surface area (Å²) in [6, 6.07) is 4.91. The Morgan fingerprint density at radius 2 is 2.10 bits per heavy atom. The smallest absolute Gasteiger partial charge is 0.185 e. The van der Waals surface area contributed by atoms with Crippen molar-refractivity contribution in [3.63, 3.8) is 0 Å². The van der Waals surface area contributed by atoms with E-state index >= 15 is 0 Å². The summed E-state index contributed by atoms with van der Waals surface area (Å²) in [6.45, 7) is 4.06. The lowest BCUT2D eigenvalue weighted by Crippen LogP contribution is -2.47. The standard InChI is InChI=1S/C21H20F2N6O/c1-11(16-6-13-2-5-17(26-13)20(16)23)18-9-24-21(28-27-18)15-4-3-14(7-19(15)30)29-10-12(22)8-25-29/h3-4,7-10,13,16-17,20,26,30H,1-2,5-6H2/t13?,16?,17?,20-/m0/s1. The molecule has 2 fully saturated rings. The number of halogens is 2. The molecule has 0 saturated carbocycles. The summed E-state index contributed by atoms with van der Waals surface area (Å²) >= 11 is 0. The Kier molecular flexibility index (Phi) is 4.54. The third-order valence-corrected chi connectivity index (χ3v) is 5.96. The molecule has 3 aromatic rings. The van der Waals surface area contributed by atoms with Crippen molar-refractivity contribution in [1.29, 1.82) is 0 Å². The maximum Gasteiger partial charge on any atom is 0.185 e. The van der Waals surface area contributed by atoms with Crippen LogP contribution in [0.2, 0.25) is 0 Å². The van der Waals surface area contributed by atoms with Gasteiger partial charge in [0.05, 0.1) is 29.8 Å². The second-order valence-corrected chi connectivity index (χ2v) is 7.83. The van der Waals surface area contributed by atoms with E-state index in [-0.39, 0.29) is 23.5 Å². The van der Waals surface area contributed by atoms with Crippen molar-refractivity contribution in [3.8, 4) is 22.8 Å². The average Bonchev–Trinajstić information content (AvgIpc) is 3.37. The lowest BCUT2D eigenvalue weighted by Gasteiger charge is -2.33. The van der Waals surface area contributed by atoms with Crippen molar-refractivity contribution in [3.05, 3.63) is 54.9 Å². The number of phenols is 1. The Hall–Kier alpha value is -3.20. The van der Waals surface area contributed by atoms with Crippen LogP contribution in [-0.2, 0) is 0 Å². The van der Waals surface area contributed by atoms with Crippen LogP contribution in [0.25, 0.3) is 22.6 Å². The number of nitrogens with zero attached hydrogens (tertiary/aromatic N) is 5. The van der Waals surface area contributed by atoms with Crippen LogP contribution in [0.1, 0.15) is 25.0 Å². The fraction of sp³-hybridized carbons (Fsp3) is 0.333. The third kappa shape index (κ3) is 3.24. The number of piperidine rings is 1. The van der Waals surface area contributed by atoms with Gasteiger partial charge < -0.3 is 10.4 Å². The first-order chi connectivity index (χ1) is 14.5. The monoisotopic (exact) mass is 410 g/mol. The fourth-order valence-corrected chi connectivity index (χ4v) is 4.37. The zero-order valence-electron chi connectivity index (χ0n) is 16.0. The van der Waals surface area contributed by atoms with Crippen LogP contribution in [0.15, 0.2) is 43.4 Å². The molecule has 0 radical (unpaired) electrons. The molecule has 2 aliphatic rings. The van der Waals surface area contributed by atoms with Gasteiger partial charge in [0.15, 0.2) is 11.6 Å². The molecule has 7 nitrogen and oxygen atoms in total. The van der Waals surface area contributed by atoms with Gasteiger partial charge in [0, 0.05) is 24.1 Å². The molecule has 5 rings (SSSR count). The summed E-state index contributed by atoms with van der Waals surface area (Å²) in [4.78, 5) is 4.30. The predicted molar refractivity (Wildman–Crippen MR) is 106 cm³/mol. The van der Waals surface area contributed by atoms with Crippen LogP contribution in [0, 0.1) is 11.7 Å². The van der Waals surface area contributed by atoms with Gasteiger partial charge in [-0.1, -0.05) is 6.58 Å². The quantitative estimate of drug-likeness (QED) is 0.687. The molecule has 4 heterocycles. The molecule has 9 heteroatoms. The van der Waals surface area contributed by atoms with Gasteiger partial charge in [-0.25, -0.2) is 18.4 Å². The van der Waals surface area contributed by atoms with E-state index in [0.29, 0.717) is 35.0 Å². The van der Waals surface area contributed by atoms with Crippen LogP contribution in [-0.4, -0.2) is 48.3 Å². The number of benzene rings is 1. The summed E-state index contributed by atoms with van der Waals surface area (Å²) in [5, 5.41) is 25.8. The molecular formula is C21H20F2N6O. The van der Waals surface area contributed by atoms with Crippen molar-refractivity contribution in [1.82, 2.24) is 30.3 Å². The lowest BCUT2D eigenvalue weighted by molar-refractivity contribution is 0.167. The van der Waals surface area contributed by atoms with Crippen molar-refractivity contribution in [2.45, 2.75) is 37.5 Å². The van der Waals surface area contributed by atoms with Gasteiger partial charge in [0.25, 0.3) is 0 Å². The molecule has 3 unspecified atom stereocenters. The van der Waals surface area contributed by atoms with E-state index < -0.39 is 12.0 Å². The molecule has 0 amide bonds. The van der Waals surface area contributed by atoms with Gasteiger partial charge in [0.2, 0.25) is 0 Å². The van der Waals surface area contributed by atoms with Gasteiger partial charge in [-0.15, -0.1) is 10.2 Å². The number of aromatic hydroxyl groups is 1. The first-order valence-corrected chi connectivity index (χ1v) is 9.82. The topological polar surface area (TPSA) is 88.8 Å². The summed E-state index contributed by atoms with van der Waals surface area (Å²) in [5.74, 6) is -0.632. The number of fused-ring (bicyclic) bond motifs is 2. The molecule has 1 aromatic carbocycles. The summed E-state index contributed by atoms with van der Waals surface area (Å²) in [5.41, 5.74) is 1.93. The molecule has 2 bridgehead atoms. The largest absolute Gasteiger partial charge is 0.507 e. The van der Waals surface area contributed by atoms with E-state index in [4.69, 9.17) is 0 Å². The van der Waals surface area contributed by atoms with E-state index in [1.807, 2.05) is 0 Å². The number of aromatic nitrogens is 5. The van der Waals surface area contributed by atoms with E-state index in [1.54, 1.807) is 12.1 Å². The number of nitrogens with one attached hydrogen (secondary N) is 1.